The minimum Gasteiger partial charge on any atom is -0.759 e. The quantitative estimate of drug-likeness (QED) is 0.103. The van der Waals surface area contributed by atoms with Crippen LogP contribution in [0.25, 0.3) is 0 Å². The fourth-order valence-electron chi connectivity index (χ4n) is 0. The molecule has 0 amide bonds. The van der Waals surface area contributed by atoms with Gasteiger partial charge in [-0.25, -0.2) is 0 Å². The third-order valence-corrected chi connectivity index (χ3v) is 0. The van der Waals surface area contributed by atoms with E-state index >= 15 is 0 Å². The summed E-state index contributed by atoms with van der Waals surface area (Å²) in [5.74, 6) is 0. The first-order chi connectivity index (χ1) is 21.0. The van der Waals surface area contributed by atoms with E-state index in [1.165, 1.54) is 0 Å². The molecule has 0 heterocycles. The first-order valence-corrected chi connectivity index (χ1v) is 4.00. The molecule has 1 radical (unpaired) electrons. The molecule has 0 saturated heterocycles. The molecular formula is H30CsMoO20S2+6. The van der Waals surface area contributed by atoms with Crippen molar-refractivity contribution in [2.24, 2.45) is 0 Å². The van der Waals surface area contributed by atoms with Crippen molar-refractivity contribution in [3.05, 3.63) is 0 Å². The number of hydrogen-bond donors (Lipinski definition) is 0. The van der Waals surface area contributed by atoms with Crippen LogP contribution in [-0.2, 0) is 74.7 Å². The van der Waals surface area contributed by atoms with Crippen LogP contribution in [0.1, 0.15) is 0 Å². The van der Waals surface area contributed by atoms with Crippen molar-refractivity contribution < 1.29 is 191 Å². The van der Waals surface area contributed by atoms with Crippen molar-refractivity contribution in [1.82, 2.24) is 0 Å². The summed E-state index contributed by atoms with van der Waals surface area (Å²) in [6, 6.07) is 0. The van der Waals surface area contributed by atoms with Gasteiger partial charge in [0.05, 0.1) is 0 Å². The second kappa shape index (κ2) is 73.5. The van der Waals surface area contributed by atoms with E-state index in [2.05, 4.69) is 32.9 Å². The van der Waals surface area contributed by atoms with E-state index in [-0.39, 0.29) is 90.0 Å². The predicted octanol–water partition coefficient (Wildman–Crippen LogP) is -16.2. The standard InChI is InChI=1S/Cs.Mo.2H2O4S.12H2O/c;;2*1-5(2,3)4;;;;;;;;;;;;/h;;2*(H2,1,2,3,4);12*1H2/q+1;+3;;;;;;;;;;;;;;/p+2/i/hD24. The summed E-state index contributed by atoms with van der Waals surface area (Å²) in [7, 11) is -10.3. The molecule has 0 unspecified atom stereocenters. The molecule has 0 bridgehead atoms. The van der Waals surface area contributed by atoms with Crippen LogP contribution in [-0.4, -0.2) is 102 Å². The monoisotopic (exact) mass is 669 g/mol. The molecule has 0 saturated carbocycles. The van der Waals surface area contributed by atoms with Crippen LogP contribution in [0.5, 0.6) is 0 Å². The molecular weight excluding hydrogens is 613 g/mol. The molecule has 0 rings (SSSR count). The van der Waals surface area contributed by atoms with E-state index in [0.717, 1.165) is 0 Å². The van der Waals surface area contributed by atoms with Gasteiger partial charge in [-0.05, 0) is 0 Å². The Balaban J connectivity index is -0.0000000164. The Morgan fingerprint density at radius 1 is 0.625 bits per heavy atom. The SMILES string of the molecule is O=S(=O)([O-])[O-].O=S(=O)([O-])[O-].[2H]O[2H].[2H]O[2H].[2H]O[2H].[2H]O[2H].[2H]O[2H].[2H]O[2H].[2H][OH+][2H].[2H][OH+][2H].[2H][OH+][2H].[2H][OH+][2H].[2H][OH+][2H].[2H][OH+][2H].[Cs+].[Mo+3]. The Hall–Kier alpha value is 2.00. The van der Waals surface area contributed by atoms with Crippen molar-refractivity contribution >= 4 is 20.8 Å². The Bertz CT molecular complexity index is 382. The first-order valence-electron chi connectivity index (χ1n) is 11.6. The van der Waals surface area contributed by atoms with Crippen molar-refractivity contribution in [2.75, 3.05) is 0 Å². The number of rotatable bonds is 0. The minimum absolute atomic E-state index is 0. The molecule has 24 heavy (non-hydrogen) atoms. The summed E-state index contributed by atoms with van der Waals surface area (Å²) in [4.78, 5) is 0. The maximum atomic E-state index is 8.52. The van der Waals surface area contributed by atoms with Gasteiger partial charge in [0, 0.05) is 20.8 Å². The van der Waals surface area contributed by atoms with E-state index < -0.39 is 20.8 Å². The van der Waals surface area contributed by atoms with E-state index in [9.17, 15) is 0 Å². The molecule has 30 N–H and O–H groups in total. The van der Waals surface area contributed by atoms with Gasteiger partial charge in [0.15, 0.2) is 0 Å². The molecule has 163 valence electrons. The van der Waals surface area contributed by atoms with Crippen molar-refractivity contribution in [2.45, 2.75) is 0 Å². The van der Waals surface area contributed by atoms with Crippen molar-refractivity contribution in [3.63, 3.8) is 0 Å². The van der Waals surface area contributed by atoms with E-state index in [1.54, 1.807) is 0 Å². The molecule has 0 atom stereocenters. The van der Waals surface area contributed by atoms with Crippen LogP contribution in [0, 0.1) is 0 Å². The average molecular weight is 667 g/mol. The van der Waals surface area contributed by atoms with Gasteiger partial charge in [-0.2, -0.15) is 0 Å². The number of hydrogen-bond acceptors (Lipinski definition) is 8. The molecule has 0 aromatic rings. The van der Waals surface area contributed by atoms with Gasteiger partial charge >= 0.3 is 107 Å². The van der Waals surface area contributed by atoms with Gasteiger partial charge in [-0.3, -0.25) is 16.8 Å². The molecule has 20 nitrogen and oxygen atoms in total. The molecule has 24 heteroatoms. The molecule has 0 spiro atoms. The van der Waals surface area contributed by atoms with Crippen molar-refractivity contribution in [1.29, 1.82) is 34.3 Å². The minimum atomic E-state index is -5.17. The van der Waals surface area contributed by atoms with Crippen LogP contribution in [0.3, 0.4) is 0 Å². The summed E-state index contributed by atoms with van der Waals surface area (Å²) in [5.41, 5.74) is 28.5. The van der Waals surface area contributed by atoms with Crippen LogP contribution in [0.2, 0.25) is 0 Å². The fraction of sp³-hybridized carbons (Fsp3) is 0. The molecule has 0 aliphatic carbocycles. The molecule has 0 aromatic heterocycles. The maximum absolute atomic E-state index is 8.52. The van der Waals surface area contributed by atoms with E-state index in [0.29, 0.717) is 0 Å². The zero-order chi connectivity index (χ0) is 41.5. The van der Waals surface area contributed by atoms with Gasteiger partial charge in [-0.15, -0.1) is 0 Å². The second-order valence-corrected chi connectivity index (χ2v) is 2.45. The first kappa shape index (κ1) is 14.1. The van der Waals surface area contributed by atoms with Gasteiger partial charge in [0.25, 0.3) is 0 Å². The zero-order valence-electron chi connectivity index (χ0n) is 34.6. The topological polar surface area (TPSA) is 548 Å². The molecule has 0 aromatic carbocycles. The van der Waals surface area contributed by atoms with Crippen LogP contribution < -0.4 is 68.9 Å². The Morgan fingerprint density at radius 3 is 0.625 bits per heavy atom. The Labute approximate surface area is 244 Å². The molecule has 0 fully saturated rings. The smallest absolute Gasteiger partial charge is 0.759 e. The zero-order valence-corrected chi connectivity index (χ0v) is 20.5. The van der Waals surface area contributed by atoms with Crippen molar-refractivity contribution in [3.8, 4) is 0 Å². The van der Waals surface area contributed by atoms with Gasteiger partial charge < -0.3 is 84.0 Å². The van der Waals surface area contributed by atoms with E-state index in [1.807, 2.05) is 32.9 Å². The van der Waals surface area contributed by atoms with Gasteiger partial charge in [-0.1, -0.05) is 0 Å². The summed E-state index contributed by atoms with van der Waals surface area (Å²) in [6.07, 6.45) is 0. The average Bonchev–Trinajstić information content (AvgIpc) is 2.83. The van der Waals surface area contributed by atoms with Gasteiger partial charge in [0.1, 0.15) is 0 Å². The van der Waals surface area contributed by atoms with E-state index in [4.69, 9.17) is 69.4 Å². The fourth-order valence-corrected chi connectivity index (χ4v) is 0. The van der Waals surface area contributed by atoms with Crippen LogP contribution in [0.4, 0.5) is 0 Å². The normalized spacial score (nSPS) is 14.8. The summed E-state index contributed by atoms with van der Waals surface area (Å²) in [5, 5.41) is 0. The third-order valence-electron chi connectivity index (χ3n) is 0. The third kappa shape index (κ3) is 3170. The predicted molar refractivity (Wildman–Crippen MR) is 71.9 cm³/mol. The van der Waals surface area contributed by atoms with Gasteiger partial charge in [0.2, 0.25) is 17.2 Å². The van der Waals surface area contributed by atoms with Crippen LogP contribution in [0.15, 0.2) is 0 Å². The summed E-state index contributed by atoms with van der Waals surface area (Å²) < 4.78 is 199. The Morgan fingerprint density at radius 2 is 0.625 bits per heavy atom. The Kier molecular flexibility index (Phi) is 43.0. The molecule has 0 aliphatic heterocycles. The summed E-state index contributed by atoms with van der Waals surface area (Å²) >= 11 is 0. The second-order valence-electron chi connectivity index (χ2n) is 0.816. The largest absolute Gasteiger partial charge is 3.00 e. The summed E-state index contributed by atoms with van der Waals surface area (Å²) in [6.45, 7) is 0. The maximum Gasteiger partial charge on any atom is 3.00 e. The molecule has 0 aliphatic rings. The van der Waals surface area contributed by atoms with Crippen LogP contribution >= 0.6 is 0 Å².